The van der Waals surface area contributed by atoms with Crippen LogP contribution < -0.4 is 4.90 Å². The van der Waals surface area contributed by atoms with Crippen LogP contribution in [-0.4, -0.2) is 53.8 Å². The molecule has 180 valence electrons. The van der Waals surface area contributed by atoms with Crippen LogP contribution in [0.1, 0.15) is 56.7 Å². The van der Waals surface area contributed by atoms with E-state index < -0.39 is 5.60 Å². The van der Waals surface area contributed by atoms with E-state index in [1.54, 1.807) is 4.90 Å². The molecule has 6 nitrogen and oxygen atoms in total. The summed E-state index contributed by atoms with van der Waals surface area (Å²) in [5, 5.41) is 0. The molecule has 1 unspecified atom stereocenters. The van der Waals surface area contributed by atoms with Crippen LogP contribution in [-0.2, 0) is 15.9 Å². The maximum Gasteiger partial charge on any atom is 0.414 e. The van der Waals surface area contributed by atoms with Gasteiger partial charge in [0.25, 0.3) is 12.0 Å². The van der Waals surface area contributed by atoms with Crippen molar-refractivity contribution in [2.45, 2.75) is 58.3 Å². The number of rotatable bonds is 5. The molecule has 6 heteroatoms. The van der Waals surface area contributed by atoms with E-state index in [1.165, 1.54) is 12.8 Å². The number of amides is 1. The summed E-state index contributed by atoms with van der Waals surface area (Å²) in [6, 6.07) is 13.8. The Bertz CT molecular complexity index is 1040. The van der Waals surface area contributed by atoms with Crippen LogP contribution in [0.2, 0.25) is 0 Å². The molecule has 1 atom stereocenters. The first-order valence-electron chi connectivity index (χ1n) is 12.1. The molecule has 0 spiro atoms. The van der Waals surface area contributed by atoms with E-state index in [4.69, 9.17) is 9.47 Å². The summed E-state index contributed by atoms with van der Waals surface area (Å²) in [6.45, 7) is 8.38. The zero-order valence-corrected chi connectivity index (χ0v) is 20.3. The van der Waals surface area contributed by atoms with Crippen LogP contribution in [0.15, 0.2) is 42.5 Å². The average Bonchev–Trinajstić information content (AvgIpc) is 3.26. The standard InChI is InChI=1S/C28H33NO5/c1-28(2,3)34-27(30)29-17-16-24-22(7-6-8-25(24)29)13-10-21-11-14-23(15-12-21)31-19-20-33-26-9-4-5-18-32-26/h6-8,11-12,14-15,26H,4-5,9,16-20H2,1-3H3/p+2. The lowest BCUT2D eigenvalue weighted by Gasteiger charge is -2.24. The number of fused-ring (bicyclic) bond motifs is 1. The molecular formula is C28H35NO5+2. The number of carbonyl (C=O) groups excluding carboxylic acids is 1. The molecule has 0 aliphatic carbocycles. The number of aliphatic hydroxyl groups is 3. The van der Waals surface area contributed by atoms with E-state index in [-0.39, 0.29) is 12.4 Å². The van der Waals surface area contributed by atoms with Crippen molar-refractivity contribution in [3.8, 4) is 17.6 Å². The van der Waals surface area contributed by atoms with Crippen molar-refractivity contribution in [2.24, 2.45) is 0 Å². The third-order valence-electron chi connectivity index (χ3n) is 5.74. The number of ether oxygens (including phenoxy) is 4. The van der Waals surface area contributed by atoms with Crippen LogP contribution in [0.5, 0.6) is 5.75 Å². The Labute approximate surface area is 202 Å². The molecule has 1 amide bonds. The first kappa shape index (κ1) is 24.1. The lowest BCUT2D eigenvalue weighted by atomic mass is 10.0. The summed E-state index contributed by atoms with van der Waals surface area (Å²) in [6.07, 6.45) is 3.91. The Morgan fingerprint density at radius 2 is 1.97 bits per heavy atom. The number of carbonyl (C=O) groups is 1. The minimum Gasteiger partial charge on any atom is -0.581 e. The highest BCUT2D eigenvalue weighted by Gasteiger charge is 2.29. The Kier molecular flexibility index (Phi) is 7.77. The maximum absolute atomic E-state index is 12.6. The highest BCUT2D eigenvalue weighted by molar-refractivity contribution is 5.91. The topological polar surface area (TPSA) is 64.4 Å². The van der Waals surface area contributed by atoms with Gasteiger partial charge in [0.05, 0.1) is 5.69 Å². The van der Waals surface area contributed by atoms with Gasteiger partial charge in [0.2, 0.25) is 0 Å². The second-order valence-electron chi connectivity index (χ2n) is 9.59. The third kappa shape index (κ3) is 6.53. The summed E-state index contributed by atoms with van der Waals surface area (Å²) in [5.74, 6) is 7.45. The molecule has 34 heavy (non-hydrogen) atoms. The zero-order chi connectivity index (χ0) is 24.0. The number of anilines is 1. The number of hydrogen-bond donors (Lipinski definition) is 0. The molecule has 2 heterocycles. The number of benzene rings is 2. The van der Waals surface area contributed by atoms with Gasteiger partial charge in [-0.25, -0.2) is 4.79 Å². The van der Waals surface area contributed by atoms with Crippen molar-refractivity contribution in [2.75, 3.05) is 31.3 Å². The molecule has 1 fully saturated rings. The van der Waals surface area contributed by atoms with E-state index in [1.807, 2.05) is 63.2 Å². The Hall–Kier alpha value is -3.01. The van der Waals surface area contributed by atoms with Crippen molar-refractivity contribution in [3.05, 3.63) is 59.2 Å². The molecule has 2 aliphatic heterocycles. The smallest absolute Gasteiger partial charge is 0.414 e. The highest BCUT2D eigenvalue weighted by Crippen LogP contribution is 2.31. The van der Waals surface area contributed by atoms with Crippen molar-refractivity contribution < 1.29 is 23.7 Å². The van der Waals surface area contributed by atoms with Gasteiger partial charge in [-0.1, -0.05) is 17.9 Å². The SMILES string of the molecule is CC(C)(C)OC(=O)N1CCc2c(C#Cc3ccc([OH+]CCOC4CCCC[OH+]4)cc3)cccc21. The van der Waals surface area contributed by atoms with Crippen molar-refractivity contribution in [3.63, 3.8) is 0 Å². The molecule has 4 rings (SSSR count). The van der Waals surface area contributed by atoms with Gasteiger partial charge >= 0.3 is 6.09 Å². The van der Waals surface area contributed by atoms with E-state index in [0.717, 1.165) is 47.6 Å². The van der Waals surface area contributed by atoms with Gasteiger partial charge in [-0.05, 0) is 63.4 Å². The van der Waals surface area contributed by atoms with Crippen LogP contribution in [0.25, 0.3) is 0 Å². The van der Waals surface area contributed by atoms with Crippen LogP contribution in [0.3, 0.4) is 0 Å². The third-order valence-corrected chi connectivity index (χ3v) is 5.74. The quantitative estimate of drug-likeness (QED) is 0.366. The molecule has 0 saturated carbocycles. The van der Waals surface area contributed by atoms with Crippen LogP contribution in [0.4, 0.5) is 10.5 Å². The van der Waals surface area contributed by atoms with Gasteiger partial charge in [-0.15, -0.1) is 0 Å². The Morgan fingerprint density at radius 3 is 2.71 bits per heavy atom. The van der Waals surface area contributed by atoms with Crippen LogP contribution >= 0.6 is 0 Å². The van der Waals surface area contributed by atoms with Gasteiger partial charge in [0, 0.05) is 42.6 Å². The summed E-state index contributed by atoms with van der Waals surface area (Å²) >= 11 is 0. The fourth-order valence-corrected chi connectivity index (χ4v) is 4.10. The first-order chi connectivity index (χ1) is 16.4. The molecule has 0 radical (unpaired) electrons. The highest BCUT2D eigenvalue weighted by atomic mass is 16.7. The monoisotopic (exact) mass is 465 g/mol. The Balaban J connectivity index is 1.33. The van der Waals surface area contributed by atoms with Crippen molar-refractivity contribution in [1.82, 2.24) is 0 Å². The lowest BCUT2D eigenvalue weighted by Crippen LogP contribution is -2.35. The Morgan fingerprint density at radius 1 is 1.15 bits per heavy atom. The summed E-state index contributed by atoms with van der Waals surface area (Å²) in [7, 11) is 0. The lowest BCUT2D eigenvalue weighted by molar-refractivity contribution is -0.261. The normalized spacial score (nSPS) is 17.5. The number of hydrogen-bond acceptors (Lipinski definition) is 3. The van der Waals surface area contributed by atoms with Crippen LogP contribution in [0, 0.1) is 11.8 Å². The molecule has 1 saturated heterocycles. The molecule has 0 bridgehead atoms. The first-order valence-corrected chi connectivity index (χ1v) is 12.1. The molecule has 2 aliphatic rings. The molecule has 2 aromatic rings. The zero-order valence-electron chi connectivity index (χ0n) is 20.3. The van der Waals surface area contributed by atoms with E-state index >= 15 is 0 Å². The largest absolute Gasteiger partial charge is 0.581 e. The molecule has 2 aromatic carbocycles. The van der Waals surface area contributed by atoms with Gasteiger partial charge in [0.15, 0.2) is 6.61 Å². The minimum absolute atomic E-state index is 0.0530. The van der Waals surface area contributed by atoms with E-state index in [0.29, 0.717) is 19.8 Å². The maximum atomic E-state index is 12.6. The van der Waals surface area contributed by atoms with Gasteiger partial charge in [-0.3, -0.25) is 4.90 Å². The fraction of sp³-hybridized carbons (Fsp3) is 0.464. The van der Waals surface area contributed by atoms with Crippen molar-refractivity contribution in [1.29, 1.82) is 0 Å². The summed E-state index contributed by atoms with van der Waals surface area (Å²) in [5.41, 5.74) is 3.34. The minimum atomic E-state index is -0.520. The second-order valence-corrected chi connectivity index (χ2v) is 9.59. The number of nitrogens with zero attached hydrogens (tertiary/aromatic N) is 1. The summed E-state index contributed by atoms with van der Waals surface area (Å²) in [4.78, 5) is 14.3. The van der Waals surface area contributed by atoms with Gasteiger partial charge in [0.1, 0.15) is 18.8 Å². The molecule has 2 N–H and O–H groups in total. The van der Waals surface area contributed by atoms with Crippen molar-refractivity contribution >= 4 is 11.8 Å². The average molecular weight is 466 g/mol. The predicted octanol–water partition coefficient (Wildman–Crippen LogP) is 4.68. The van der Waals surface area contributed by atoms with Gasteiger partial charge < -0.3 is 18.9 Å². The number of aromatic hydroxyl groups is 1. The molecule has 0 aromatic heterocycles. The second kappa shape index (κ2) is 10.9. The van der Waals surface area contributed by atoms with Gasteiger partial charge in [-0.2, -0.15) is 0 Å². The van der Waals surface area contributed by atoms with E-state index in [9.17, 15) is 4.79 Å². The fourth-order valence-electron chi connectivity index (χ4n) is 4.10. The molecular weight excluding hydrogens is 430 g/mol. The predicted molar refractivity (Wildman–Crippen MR) is 133 cm³/mol. The summed E-state index contributed by atoms with van der Waals surface area (Å²) < 4.78 is 20.4. The van der Waals surface area contributed by atoms with E-state index in [2.05, 4.69) is 21.3 Å².